The normalized spacial score (nSPS) is 11.6. The van der Waals surface area contributed by atoms with Gasteiger partial charge in [0.2, 0.25) is 0 Å². The van der Waals surface area contributed by atoms with Crippen molar-refractivity contribution in [3.63, 3.8) is 0 Å². The topological polar surface area (TPSA) is 50.6 Å². The molecule has 2 N–H and O–H groups in total. The number of fused-ring (bicyclic) bond motifs is 1. The van der Waals surface area contributed by atoms with Gasteiger partial charge in [-0.05, 0) is 48.3 Å². The number of hydrogen-bond acceptors (Lipinski definition) is 3. The second kappa shape index (κ2) is 10.5. The Kier molecular flexibility index (Phi) is 7.70. The van der Waals surface area contributed by atoms with Gasteiger partial charge in [-0.3, -0.25) is 5.43 Å². The van der Waals surface area contributed by atoms with Gasteiger partial charge in [0, 0.05) is 28.7 Å². The molecule has 0 aliphatic heterocycles. The second-order valence-corrected chi connectivity index (χ2v) is 9.07. The number of ether oxygens (including phenoxy) is 1. The molecule has 0 aliphatic rings. The summed E-state index contributed by atoms with van der Waals surface area (Å²) in [5, 5.41) is 8.93. The lowest BCUT2D eigenvalue weighted by Crippen LogP contribution is -2.31. The molecular formula is C26H32N4OS. The van der Waals surface area contributed by atoms with Crippen molar-refractivity contribution in [1.29, 1.82) is 0 Å². The number of rotatable bonds is 8. The van der Waals surface area contributed by atoms with Gasteiger partial charge in [-0.1, -0.05) is 57.2 Å². The zero-order valence-electron chi connectivity index (χ0n) is 19.3. The van der Waals surface area contributed by atoms with E-state index >= 15 is 0 Å². The van der Waals surface area contributed by atoms with Crippen LogP contribution in [0.15, 0.2) is 66.3 Å². The predicted octanol–water partition coefficient (Wildman–Crippen LogP) is 5.31. The Morgan fingerprint density at radius 3 is 2.56 bits per heavy atom. The molecule has 3 aromatic rings. The van der Waals surface area contributed by atoms with Crippen LogP contribution >= 0.6 is 12.2 Å². The van der Waals surface area contributed by atoms with Gasteiger partial charge < -0.3 is 14.6 Å². The first-order valence-corrected chi connectivity index (χ1v) is 11.2. The summed E-state index contributed by atoms with van der Waals surface area (Å²) >= 11 is 5.20. The van der Waals surface area contributed by atoms with Gasteiger partial charge in [-0.15, -0.1) is 6.58 Å². The first-order chi connectivity index (χ1) is 15.3. The van der Waals surface area contributed by atoms with Gasteiger partial charge in [0.15, 0.2) is 5.11 Å². The summed E-state index contributed by atoms with van der Waals surface area (Å²) in [6.07, 6.45) is 3.57. The fraction of sp³-hybridized carbons (Fsp3) is 0.308. The number of nitrogens with zero attached hydrogens (tertiary/aromatic N) is 2. The molecule has 3 rings (SSSR count). The molecule has 1 aromatic heterocycles. The van der Waals surface area contributed by atoms with Crippen LogP contribution in [0.1, 0.15) is 37.6 Å². The molecule has 0 aliphatic carbocycles. The van der Waals surface area contributed by atoms with Crippen molar-refractivity contribution >= 4 is 34.4 Å². The van der Waals surface area contributed by atoms with Gasteiger partial charge >= 0.3 is 0 Å². The third kappa shape index (κ3) is 5.77. The highest BCUT2D eigenvalue weighted by Gasteiger charge is 2.14. The van der Waals surface area contributed by atoms with Crippen molar-refractivity contribution in [2.45, 2.75) is 39.7 Å². The van der Waals surface area contributed by atoms with E-state index in [0.717, 1.165) is 34.5 Å². The van der Waals surface area contributed by atoms with Crippen LogP contribution in [-0.2, 0) is 12.0 Å². The van der Waals surface area contributed by atoms with Crippen LogP contribution < -0.4 is 15.5 Å². The zero-order chi connectivity index (χ0) is 23.1. The van der Waals surface area contributed by atoms with E-state index in [1.807, 2.05) is 24.4 Å². The lowest BCUT2D eigenvalue weighted by molar-refractivity contribution is 0.299. The van der Waals surface area contributed by atoms with Crippen LogP contribution in [0.3, 0.4) is 0 Å². The molecule has 0 bridgehead atoms. The third-order valence-corrected chi connectivity index (χ3v) is 5.59. The third-order valence-electron chi connectivity index (χ3n) is 5.35. The maximum absolute atomic E-state index is 6.04. The van der Waals surface area contributed by atoms with Crippen molar-refractivity contribution in [2.24, 2.45) is 5.10 Å². The van der Waals surface area contributed by atoms with E-state index in [2.05, 4.69) is 85.0 Å². The van der Waals surface area contributed by atoms with E-state index in [4.69, 9.17) is 17.0 Å². The zero-order valence-corrected chi connectivity index (χ0v) is 20.1. The van der Waals surface area contributed by atoms with Gasteiger partial charge in [-0.2, -0.15) is 5.10 Å². The number of thiocarbonyl (C=S) groups is 1. The smallest absolute Gasteiger partial charge is 0.187 e. The molecule has 0 saturated carbocycles. The minimum absolute atomic E-state index is 0.137. The van der Waals surface area contributed by atoms with Gasteiger partial charge in [-0.25, -0.2) is 0 Å². The Morgan fingerprint density at radius 2 is 1.88 bits per heavy atom. The highest BCUT2D eigenvalue weighted by Crippen LogP contribution is 2.26. The number of nitrogens with one attached hydrogen (secondary N) is 2. The number of benzene rings is 2. The van der Waals surface area contributed by atoms with Crippen molar-refractivity contribution in [3.05, 3.63) is 78.0 Å². The molecule has 2 aromatic carbocycles. The molecule has 6 heteroatoms. The van der Waals surface area contributed by atoms with Crippen molar-refractivity contribution < 1.29 is 4.74 Å². The summed E-state index contributed by atoms with van der Waals surface area (Å²) in [7, 11) is 0. The van der Waals surface area contributed by atoms with Crippen LogP contribution in [0.4, 0.5) is 0 Å². The summed E-state index contributed by atoms with van der Waals surface area (Å²) in [5.74, 6) is 0.888. The Balaban J connectivity index is 1.71. The van der Waals surface area contributed by atoms with Crippen LogP contribution in [0.2, 0.25) is 0 Å². The number of hydrazone groups is 1. The first-order valence-electron chi connectivity index (χ1n) is 10.8. The van der Waals surface area contributed by atoms with Crippen molar-refractivity contribution in [1.82, 2.24) is 15.3 Å². The molecule has 5 nitrogen and oxygen atoms in total. The SMILES string of the molecule is C=CCNC(=S)N/N=C\c1c(C)n(CCOc2ccc(C(C)(C)C)cc2)c2ccccc12. The second-order valence-electron chi connectivity index (χ2n) is 8.66. The minimum atomic E-state index is 0.137. The molecule has 0 fully saturated rings. The average molecular weight is 449 g/mol. The lowest BCUT2D eigenvalue weighted by atomic mass is 9.87. The maximum Gasteiger partial charge on any atom is 0.187 e. The molecular weight excluding hydrogens is 416 g/mol. The van der Waals surface area contributed by atoms with E-state index < -0.39 is 0 Å². The molecule has 32 heavy (non-hydrogen) atoms. The van der Waals surface area contributed by atoms with Gasteiger partial charge in [0.1, 0.15) is 12.4 Å². The van der Waals surface area contributed by atoms with E-state index in [-0.39, 0.29) is 5.41 Å². The highest BCUT2D eigenvalue weighted by molar-refractivity contribution is 7.80. The summed E-state index contributed by atoms with van der Waals surface area (Å²) in [4.78, 5) is 0. The van der Waals surface area contributed by atoms with Gasteiger partial charge in [0.05, 0.1) is 12.8 Å². The Bertz CT molecular complexity index is 1110. The van der Waals surface area contributed by atoms with Crippen molar-refractivity contribution in [2.75, 3.05) is 13.2 Å². The standard InChI is InChI=1S/C26H32N4OS/c1-6-15-27-25(32)29-28-18-23-19(2)30(24-10-8-7-9-22(23)24)16-17-31-21-13-11-20(12-14-21)26(3,4)5/h6-14,18H,1,15-17H2,2-5H3,(H2,27,29,32)/b28-18-. The van der Waals surface area contributed by atoms with E-state index in [0.29, 0.717) is 18.3 Å². The van der Waals surface area contributed by atoms with E-state index in [9.17, 15) is 0 Å². The number of hydrogen-bond donors (Lipinski definition) is 2. The number of para-hydroxylation sites is 1. The van der Waals surface area contributed by atoms with Crippen LogP contribution in [0.5, 0.6) is 5.75 Å². The van der Waals surface area contributed by atoms with Crippen LogP contribution in [0, 0.1) is 6.92 Å². The maximum atomic E-state index is 6.04. The Labute approximate surface area is 196 Å². The lowest BCUT2D eigenvalue weighted by Gasteiger charge is -2.19. The molecule has 168 valence electrons. The molecule has 0 spiro atoms. The fourth-order valence-corrected chi connectivity index (χ4v) is 3.71. The molecule has 0 atom stereocenters. The first kappa shape index (κ1) is 23.5. The Hall–Kier alpha value is -3.12. The predicted molar refractivity (Wildman–Crippen MR) is 139 cm³/mol. The quantitative estimate of drug-likeness (QED) is 0.212. The largest absolute Gasteiger partial charge is 0.492 e. The highest BCUT2D eigenvalue weighted by atomic mass is 32.1. The van der Waals surface area contributed by atoms with Gasteiger partial charge in [0.25, 0.3) is 0 Å². The van der Waals surface area contributed by atoms with E-state index in [1.165, 1.54) is 5.56 Å². The molecule has 0 radical (unpaired) electrons. The minimum Gasteiger partial charge on any atom is -0.492 e. The average Bonchev–Trinajstić information content (AvgIpc) is 3.03. The molecule has 0 amide bonds. The van der Waals surface area contributed by atoms with Crippen LogP contribution in [-0.4, -0.2) is 29.0 Å². The molecule has 1 heterocycles. The monoisotopic (exact) mass is 448 g/mol. The molecule has 0 unspecified atom stereocenters. The van der Waals surface area contributed by atoms with Crippen molar-refractivity contribution in [3.8, 4) is 5.75 Å². The summed E-state index contributed by atoms with van der Waals surface area (Å²) in [6.45, 7) is 14.3. The fourth-order valence-electron chi connectivity index (χ4n) is 3.57. The molecule has 0 saturated heterocycles. The Morgan fingerprint density at radius 1 is 1.16 bits per heavy atom. The summed E-state index contributed by atoms with van der Waals surface area (Å²) in [6, 6.07) is 16.7. The van der Waals surface area contributed by atoms with Crippen LogP contribution in [0.25, 0.3) is 10.9 Å². The summed E-state index contributed by atoms with van der Waals surface area (Å²) in [5.41, 5.74) is 7.65. The van der Waals surface area contributed by atoms with E-state index in [1.54, 1.807) is 6.08 Å². The summed E-state index contributed by atoms with van der Waals surface area (Å²) < 4.78 is 8.31. The number of aromatic nitrogens is 1.